The molecule has 0 radical (unpaired) electrons. The van der Waals surface area contributed by atoms with Crippen LogP contribution in [0.2, 0.25) is 0 Å². The summed E-state index contributed by atoms with van der Waals surface area (Å²) in [4.78, 5) is 17.9. The Kier molecular flexibility index (Phi) is 3.93. The molecule has 1 aliphatic heterocycles. The fourth-order valence-electron chi connectivity index (χ4n) is 3.80. The smallest absolute Gasteiger partial charge is 0.161 e. The van der Waals surface area contributed by atoms with Crippen LogP contribution in [0.4, 0.5) is 16.0 Å². The van der Waals surface area contributed by atoms with Crippen molar-refractivity contribution in [3.8, 4) is 11.3 Å². The van der Waals surface area contributed by atoms with Gasteiger partial charge in [-0.1, -0.05) is 0 Å². The number of rotatable bonds is 5. The summed E-state index contributed by atoms with van der Waals surface area (Å²) < 4.78 is 16.4. The van der Waals surface area contributed by atoms with Crippen LogP contribution in [-0.2, 0) is 6.54 Å². The molecule has 1 fully saturated rings. The average molecular weight is 415 g/mol. The van der Waals surface area contributed by atoms with Crippen LogP contribution in [0, 0.1) is 0 Å². The Morgan fingerprint density at radius 1 is 1.06 bits per heavy atom. The van der Waals surface area contributed by atoms with E-state index < -0.39 is 5.67 Å². The van der Waals surface area contributed by atoms with Gasteiger partial charge in [-0.3, -0.25) is 15.1 Å². The van der Waals surface area contributed by atoms with E-state index in [1.54, 1.807) is 23.2 Å². The first kappa shape index (κ1) is 17.9. The zero-order valence-electron chi connectivity index (χ0n) is 16.4. The number of nitrogens with zero attached hydrogens (tertiary/aromatic N) is 6. The molecule has 0 aliphatic carbocycles. The van der Waals surface area contributed by atoms with Gasteiger partial charge in [-0.05, 0) is 24.3 Å². The van der Waals surface area contributed by atoms with Crippen LogP contribution in [0.5, 0.6) is 0 Å². The molecule has 5 aromatic heterocycles. The van der Waals surface area contributed by atoms with Crippen LogP contribution in [0.25, 0.3) is 33.5 Å². The number of fused-ring (bicyclic) bond motifs is 2. The van der Waals surface area contributed by atoms with Crippen molar-refractivity contribution in [3.05, 3.63) is 55.1 Å². The Labute approximate surface area is 175 Å². The van der Waals surface area contributed by atoms with Crippen molar-refractivity contribution in [2.24, 2.45) is 0 Å². The topological polar surface area (TPSA) is 109 Å². The number of alkyl halides is 1. The van der Waals surface area contributed by atoms with E-state index in [1.807, 2.05) is 36.5 Å². The highest BCUT2D eigenvalue weighted by Crippen LogP contribution is 2.27. The molecule has 9 nitrogen and oxygen atoms in total. The molecule has 0 aromatic carbocycles. The molecule has 5 aromatic rings. The molecule has 10 heteroatoms. The minimum atomic E-state index is -1.24. The second-order valence-electron chi connectivity index (χ2n) is 7.68. The molecule has 0 amide bonds. The van der Waals surface area contributed by atoms with Gasteiger partial charge in [0.05, 0.1) is 29.5 Å². The third-order valence-corrected chi connectivity index (χ3v) is 5.42. The summed E-state index contributed by atoms with van der Waals surface area (Å²) in [5.41, 5.74) is 3.44. The van der Waals surface area contributed by atoms with Crippen LogP contribution >= 0.6 is 0 Å². The Balaban J connectivity index is 1.29. The van der Waals surface area contributed by atoms with Gasteiger partial charge in [-0.2, -0.15) is 5.10 Å². The SMILES string of the molecule is FC1(Cn2ccc3ncc(Nc4cc(-c5ccnc6cccnc56)[nH]n4)nc32)CNC1. The lowest BCUT2D eigenvalue weighted by Gasteiger charge is -2.35. The number of aromatic amines is 1. The van der Waals surface area contributed by atoms with Crippen molar-refractivity contribution in [2.75, 3.05) is 18.4 Å². The molecule has 3 N–H and O–H groups in total. The van der Waals surface area contributed by atoms with Gasteiger partial charge in [0.1, 0.15) is 5.52 Å². The predicted molar refractivity (Wildman–Crippen MR) is 115 cm³/mol. The molecule has 1 saturated heterocycles. The van der Waals surface area contributed by atoms with Crippen molar-refractivity contribution in [2.45, 2.75) is 12.2 Å². The summed E-state index contributed by atoms with van der Waals surface area (Å²) in [7, 11) is 0. The number of hydrogen-bond acceptors (Lipinski definition) is 7. The number of pyridine rings is 2. The van der Waals surface area contributed by atoms with Crippen molar-refractivity contribution < 1.29 is 4.39 Å². The second-order valence-corrected chi connectivity index (χ2v) is 7.68. The minimum Gasteiger partial charge on any atom is -0.328 e. The fraction of sp³-hybridized carbons (Fsp3) is 0.190. The first-order valence-corrected chi connectivity index (χ1v) is 9.91. The molecule has 6 rings (SSSR count). The first-order chi connectivity index (χ1) is 15.2. The molecule has 0 bridgehead atoms. The van der Waals surface area contributed by atoms with Crippen LogP contribution < -0.4 is 10.6 Å². The van der Waals surface area contributed by atoms with Gasteiger partial charge in [-0.25, -0.2) is 14.4 Å². The maximum Gasteiger partial charge on any atom is 0.161 e. The van der Waals surface area contributed by atoms with Crippen LogP contribution in [0.1, 0.15) is 0 Å². The number of halogens is 1. The maximum atomic E-state index is 14.5. The summed E-state index contributed by atoms with van der Waals surface area (Å²) in [6.07, 6.45) is 6.95. The van der Waals surface area contributed by atoms with E-state index in [-0.39, 0.29) is 6.54 Å². The molecule has 31 heavy (non-hydrogen) atoms. The maximum absolute atomic E-state index is 14.5. The number of nitrogens with one attached hydrogen (secondary N) is 3. The van der Waals surface area contributed by atoms with Crippen molar-refractivity contribution in [1.82, 2.24) is 40.0 Å². The van der Waals surface area contributed by atoms with Crippen molar-refractivity contribution >= 4 is 33.8 Å². The molecular formula is C21H18FN9. The Bertz CT molecular complexity index is 1400. The molecule has 154 valence electrons. The first-order valence-electron chi connectivity index (χ1n) is 9.91. The Morgan fingerprint density at radius 3 is 2.87 bits per heavy atom. The third kappa shape index (κ3) is 3.17. The lowest BCUT2D eigenvalue weighted by Crippen LogP contribution is -2.58. The summed E-state index contributed by atoms with van der Waals surface area (Å²) >= 11 is 0. The van der Waals surface area contributed by atoms with Crippen LogP contribution in [-0.4, -0.2) is 53.5 Å². The predicted octanol–water partition coefficient (Wildman–Crippen LogP) is 2.82. The minimum absolute atomic E-state index is 0.246. The largest absolute Gasteiger partial charge is 0.328 e. The molecule has 6 heterocycles. The summed E-state index contributed by atoms with van der Waals surface area (Å²) in [5, 5.41) is 13.5. The zero-order chi connectivity index (χ0) is 20.8. The lowest BCUT2D eigenvalue weighted by atomic mass is 10.00. The number of anilines is 2. The van der Waals surface area contributed by atoms with Crippen molar-refractivity contribution in [3.63, 3.8) is 0 Å². The molecule has 0 saturated carbocycles. The van der Waals surface area contributed by atoms with Gasteiger partial charge in [0.25, 0.3) is 0 Å². The van der Waals surface area contributed by atoms with E-state index in [9.17, 15) is 4.39 Å². The Hall–Kier alpha value is -3.92. The average Bonchev–Trinajstić information content (AvgIpc) is 3.39. The van der Waals surface area contributed by atoms with E-state index in [0.29, 0.717) is 30.4 Å². The van der Waals surface area contributed by atoms with Gasteiger partial charge in [0.15, 0.2) is 23.0 Å². The Morgan fingerprint density at radius 2 is 2.00 bits per heavy atom. The summed E-state index contributed by atoms with van der Waals surface area (Å²) in [6, 6.07) is 9.40. The summed E-state index contributed by atoms with van der Waals surface area (Å²) in [5.74, 6) is 1.12. The number of aromatic nitrogens is 7. The third-order valence-electron chi connectivity index (χ3n) is 5.42. The van der Waals surface area contributed by atoms with E-state index in [0.717, 1.165) is 27.8 Å². The summed E-state index contributed by atoms with van der Waals surface area (Å²) in [6.45, 7) is 0.954. The monoisotopic (exact) mass is 415 g/mol. The highest BCUT2D eigenvalue weighted by atomic mass is 19.1. The van der Waals surface area contributed by atoms with Gasteiger partial charge >= 0.3 is 0 Å². The number of hydrogen-bond donors (Lipinski definition) is 3. The molecule has 0 atom stereocenters. The van der Waals surface area contributed by atoms with Crippen molar-refractivity contribution in [1.29, 1.82) is 0 Å². The molecular weight excluding hydrogens is 397 g/mol. The van der Waals surface area contributed by atoms with Gasteiger partial charge < -0.3 is 15.2 Å². The van der Waals surface area contributed by atoms with Gasteiger partial charge in [0, 0.05) is 43.3 Å². The van der Waals surface area contributed by atoms with E-state index in [2.05, 4.69) is 40.8 Å². The van der Waals surface area contributed by atoms with Crippen LogP contribution in [0.3, 0.4) is 0 Å². The fourth-order valence-corrected chi connectivity index (χ4v) is 3.80. The molecule has 0 spiro atoms. The van der Waals surface area contributed by atoms with Crippen LogP contribution in [0.15, 0.2) is 55.1 Å². The van der Waals surface area contributed by atoms with Gasteiger partial charge in [0.2, 0.25) is 0 Å². The molecule has 0 unspecified atom stereocenters. The normalized spacial score (nSPS) is 15.3. The zero-order valence-corrected chi connectivity index (χ0v) is 16.4. The molecule has 1 aliphatic rings. The quantitative estimate of drug-likeness (QED) is 0.405. The van der Waals surface area contributed by atoms with E-state index in [4.69, 9.17) is 0 Å². The second kappa shape index (κ2) is 6.81. The van der Waals surface area contributed by atoms with Gasteiger partial charge in [-0.15, -0.1) is 0 Å². The van der Waals surface area contributed by atoms with E-state index >= 15 is 0 Å². The highest BCUT2D eigenvalue weighted by Gasteiger charge is 2.37. The highest BCUT2D eigenvalue weighted by molar-refractivity contribution is 5.90. The number of H-pyrrole nitrogens is 1. The lowest BCUT2D eigenvalue weighted by molar-refractivity contribution is 0.0715. The standard InChI is InChI=1S/C21H18FN9/c22-21(10-23-11-21)12-31-7-4-15-20(31)28-18(9-26-15)27-17-8-16(29-30-17)13-3-6-24-14-2-1-5-25-19(13)14/h1-9,23H,10-12H2,(H2,27,28,29,30). The van der Waals surface area contributed by atoms with E-state index in [1.165, 1.54) is 0 Å².